The lowest BCUT2D eigenvalue weighted by molar-refractivity contribution is -0.156. The maximum atomic E-state index is 13.0. The van der Waals surface area contributed by atoms with Crippen molar-refractivity contribution in [3.05, 3.63) is 23.8 Å². The number of ether oxygens (including phenoxy) is 1. The fraction of sp³-hybridized carbons (Fsp3) is 0.742. The number of nitrogens with zero attached hydrogens (tertiary/aromatic N) is 1. The molecule has 1 aliphatic carbocycles. The van der Waals surface area contributed by atoms with Crippen LogP contribution >= 0.6 is 0 Å². The van der Waals surface area contributed by atoms with Crippen LogP contribution in [0.2, 0.25) is 0 Å². The predicted octanol–water partition coefficient (Wildman–Crippen LogP) is 4.25. The number of nitriles is 1. The summed E-state index contributed by atoms with van der Waals surface area (Å²) in [6.45, 7) is 9.79. The van der Waals surface area contributed by atoms with Crippen LogP contribution in [0.1, 0.15) is 86.0 Å². The van der Waals surface area contributed by atoms with Gasteiger partial charge in [-0.2, -0.15) is 5.26 Å². The van der Waals surface area contributed by atoms with Crippen molar-refractivity contribution >= 4 is 18.2 Å². The smallest absolute Gasteiger partial charge is 0.308 e. The molecular formula is C31H48N2O6. The van der Waals surface area contributed by atoms with Crippen LogP contribution in [0.15, 0.2) is 23.8 Å². The Morgan fingerprint density at radius 3 is 2.44 bits per heavy atom. The number of carbonyl (C=O) groups is 3. The molecule has 0 saturated heterocycles. The van der Waals surface area contributed by atoms with E-state index in [0.29, 0.717) is 37.4 Å². The molecule has 1 heterocycles. The number of carbonyl (C=O) groups excluding carboxylic acids is 3. The van der Waals surface area contributed by atoms with Crippen LogP contribution in [0.3, 0.4) is 0 Å². The van der Waals surface area contributed by atoms with E-state index in [9.17, 15) is 29.9 Å². The highest BCUT2D eigenvalue weighted by molar-refractivity contribution is 5.82. The maximum Gasteiger partial charge on any atom is 0.308 e. The quantitative estimate of drug-likeness (QED) is 0.355. The second kappa shape index (κ2) is 15.9. The average Bonchev–Trinajstić information content (AvgIpc) is 3.36. The fourth-order valence-electron chi connectivity index (χ4n) is 6.35. The Bertz CT molecular complexity index is 925. The summed E-state index contributed by atoms with van der Waals surface area (Å²) in [4.78, 5) is 36.9. The van der Waals surface area contributed by atoms with Crippen molar-refractivity contribution in [3.63, 3.8) is 0 Å². The first-order valence-corrected chi connectivity index (χ1v) is 14.5. The molecule has 8 nitrogen and oxygen atoms in total. The van der Waals surface area contributed by atoms with E-state index in [-0.39, 0.29) is 35.7 Å². The van der Waals surface area contributed by atoms with Gasteiger partial charge in [0.1, 0.15) is 12.4 Å². The van der Waals surface area contributed by atoms with Crippen LogP contribution in [0.4, 0.5) is 0 Å². The second-order valence-electron chi connectivity index (χ2n) is 12.1. The topological polar surface area (TPSA) is 137 Å². The zero-order valence-electron chi connectivity index (χ0n) is 24.2. The normalized spacial score (nSPS) is 38.6. The highest BCUT2D eigenvalue weighted by Gasteiger charge is 2.40. The summed E-state index contributed by atoms with van der Waals surface area (Å²) in [6, 6.07) is 1.52. The number of esters is 1. The van der Waals surface area contributed by atoms with Crippen LogP contribution in [0, 0.1) is 46.8 Å². The lowest BCUT2D eigenvalue weighted by atomic mass is 9.82. The number of amides is 1. The summed E-state index contributed by atoms with van der Waals surface area (Å²) in [6.07, 6.45) is 8.25. The van der Waals surface area contributed by atoms with E-state index in [2.05, 4.69) is 25.2 Å². The molecule has 1 unspecified atom stereocenters. The minimum Gasteiger partial charge on any atom is -0.462 e. The first-order valence-electron chi connectivity index (χ1n) is 14.5. The molecule has 8 heteroatoms. The number of allylic oxidation sites excluding steroid dienone is 2. The molecule has 1 amide bonds. The number of aldehydes is 1. The number of hydrogen-bond donors (Lipinski definition) is 3. The van der Waals surface area contributed by atoms with E-state index in [1.54, 1.807) is 25.2 Å². The summed E-state index contributed by atoms with van der Waals surface area (Å²) in [7, 11) is 0. The van der Waals surface area contributed by atoms with Crippen molar-refractivity contribution in [2.24, 2.45) is 35.5 Å². The van der Waals surface area contributed by atoms with E-state index in [4.69, 9.17) is 4.74 Å². The SMILES string of the molecule is CC(C=O)NC(=O)[C@@H]1CCC[C@H]1[C@@H]1C/C=C/C=C(/C#N)[C@H](O)[C@@H](C)C[C@H](C)C[C@H](C)C[C@H](C)[C@@H](O)CC(=O)O1. The van der Waals surface area contributed by atoms with Crippen LogP contribution in [0.25, 0.3) is 0 Å². The van der Waals surface area contributed by atoms with Crippen LogP contribution < -0.4 is 5.32 Å². The molecule has 2 rings (SSSR count). The zero-order valence-corrected chi connectivity index (χ0v) is 24.2. The van der Waals surface area contributed by atoms with Crippen LogP contribution in [-0.2, 0) is 19.1 Å². The molecule has 1 aliphatic heterocycles. The van der Waals surface area contributed by atoms with E-state index in [1.807, 2.05) is 13.8 Å². The third kappa shape index (κ3) is 10.2. The largest absolute Gasteiger partial charge is 0.462 e. The molecule has 3 N–H and O–H groups in total. The van der Waals surface area contributed by atoms with Gasteiger partial charge >= 0.3 is 5.97 Å². The van der Waals surface area contributed by atoms with Crippen LogP contribution in [0.5, 0.6) is 0 Å². The molecule has 0 bridgehead atoms. The first-order chi connectivity index (χ1) is 18.5. The minimum absolute atomic E-state index is 0.0892. The monoisotopic (exact) mass is 544 g/mol. The summed E-state index contributed by atoms with van der Waals surface area (Å²) in [5.74, 6) is -0.883. The summed E-state index contributed by atoms with van der Waals surface area (Å²) >= 11 is 0. The first kappa shape index (κ1) is 32.7. The third-order valence-corrected chi connectivity index (χ3v) is 8.39. The Kier molecular flexibility index (Phi) is 13.4. The lowest BCUT2D eigenvalue weighted by Crippen LogP contribution is -2.42. The summed E-state index contributed by atoms with van der Waals surface area (Å²) < 4.78 is 5.91. The van der Waals surface area contributed by atoms with Gasteiger partial charge in [0.25, 0.3) is 0 Å². The lowest BCUT2D eigenvalue weighted by Gasteiger charge is -2.29. The summed E-state index contributed by atoms with van der Waals surface area (Å²) in [5, 5.41) is 34.0. The molecule has 10 atom stereocenters. The average molecular weight is 545 g/mol. The van der Waals surface area contributed by atoms with Gasteiger partial charge in [0, 0.05) is 18.3 Å². The standard InChI is InChI=1S/C31H48N2O6/c1-19-13-20(2)15-22(4)30(37)24(17-32)9-6-7-12-28(39-29(36)16-27(35)21(3)14-19)25-10-8-11-26(25)31(38)33-23(5)18-34/h6-7,9,18-23,25-28,30,35,37H,8,10-16H2,1-5H3,(H,33,38)/b7-6+,24-9-/t19-,20+,21-,22-,23?,25+,26+,27-,28-,30+/m0/s1. The molecule has 0 radical (unpaired) electrons. The molecule has 0 spiro atoms. The highest BCUT2D eigenvalue weighted by Crippen LogP contribution is 2.37. The maximum absolute atomic E-state index is 13.0. The highest BCUT2D eigenvalue weighted by atomic mass is 16.5. The minimum atomic E-state index is -0.881. The van der Waals surface area contributed by atoms with Gasteiger partial charge in [-0.15, -0.1) is 0 Å². The van der Waals surface area contributed by atoms with Crippen molar-refractivity contribution < 1.29 is 29.3 Å². The van der Waals surface area contributed by atoms with Gasteiger partial charge < -0.3 is 25.1 Å². The Hall–Kier alpha value is -2.50. The van der Waals surface area contributed by atoms with Gasteiger partial charge in [0.15, 0.2) is 0 Å². The number of aliphatic hydroxyl groups is 2. The molecular weight excluding hydrogens is 496 g/mol. The number of nitrogens with one attached hydrogen (secondary N) is 1. The van der Waals surface area contributed by atoms with Crippen molar-refractivity contribution in [1.29, 1.82) is 5.26 Å². The van der Waals surface area contributed by atoms with Crippen LogP contribution in [-0.4, -0.2) is 52.7 Å². The Morgan fingerprint density at radius 1 is 1.13 bits per heavy atom. The van der Waals surface area contributed by atoms with Gasteiger partial charge in [-0.25, -0.2) is 0 Å². The van der Waals surface area contributed by atoms with E-state index in [0.717, 1.165) is 25.7 Å². The number of aliphatic hydroxyl groups excluding tert-OH is 2. The van der Waals surface area contributed by atoms with E-state index in [1.165, 1.54) is 0 Å². The molecule has 0 aromatic carbocycles. The number of rotatable bonds is 4. The Balaban J connectivity index is 2.33. The van der Waals surface area contributed by atoms with Crippen molar-refractivity contribution in [3.8, 4) is 6.07 Å². The fourth-order valence-corrected chi connectivity index (χ4v) is 6.35. The van der Waals surface area contributed by atoms with Gasteiger partial charge in [-0.1, -0.05) is 46.3 Å². The molecule has 2 aliphatic rings. The van der Waals surface area contributed by atoms with Gasteiger partial charge in [0.2, 0.25) is 5.91 Å². The second-order valence-corrected chi connectivity index (χ2v) is 12.1. The molecule has 1 fully saturated rings. The Morgan fingerprint density at radius 2 is 1.79 bits per heavy atom. The van der Waals surface area contributed by atoms with Gasteiger partial charge in [-0.3, -0.25) is 9.59 Å². The zero-order chi connectivity index (χ0) is 29.1. The van der Waals surface area contributed by atoms with E-state index >= 15 is 0 Å². The molecule has 0 aromatic heterocycles. The third-order valence-electron chi connectivity index (χ3n) is 8.39. The summed E-state index contributed by atoms with van der Waals surface area (Å²) in [5.41, 5.74) is 0.284. The predicted molar refractivity (Wildman–Crippen MR) is 149 cm³/mol. The molecule has 39 heavy (non-hydrogen) atoms. The van der Waals surface area contributed by atoms with Gasteiger partial charge in [-0.05, 0) is 68.8 Å². The number of hydrogen-bond acceptors (Lipinski definition) is 7. The molecule has 218 valence electrons. The molecule has 1 saturated carbocycles. The number of cyclic esters (lactones) is 1. The van der Waals surface area contributed by atoms with Gasteiger partial charge in [0.05, 0.1) is 36.3 Å². The molecule has 0 aromatic rings. The Labute approximate surface area is 233 Å². The van der Waals surface area contributed by atoms with Crippen molar-refractivity contribution in [1.82, 2.24) is 5.32 Å². The van der Waals surface area contributed by atoms with Crippen molar-refractivity contribution in [2.75, 3.05) is 0 Å². The van der Waals surface area contributed by atoms with E-state index < -0.39 is 36.2 Å². The van der Waals surface area contributed by atoms with Crippen molar-refractivity contribution in [2.45, 2.75) is 110 Å².